The van der Waals surface area contributed by atoms with Gasteiger partial charge < -0.3 is 10.1 Å². The molecule has 2 atom stereocenters. The summed E-state index contributed by atoms with van der Waals surface area (Å²) in [5.41, 5.74) is 1.02. The summed E-state index contributed by atoms with van der Waals surface area (Å²) in [5, 5.41) is 3.54. The molecule has 0 aliphatic carbocycles. The highest BCUT2D eigenvalue weighted by Crippen LogP contribution is 2.27. The largest absolute Gasteiger partial charge is 0.573 e. The van der Waals surface area contributed by atoms with E-state index in [0.29, 0.717) is 12.0 Å². The van der Waals surface area contributed by atoms with Crippen LogP contribution in [0.2, 0.25) is 0 Å². The van der Waals surface area contributed by atoms with E-state index in [1.54, 1.807) is 12.1 Å². The van der Waals surface area contributed by atoms with Crippen molar-refractivity contribution in [3.05, 3.63) is 29.8 Å². The summed E-state index contributed by atoms with van der Waals surface area (Å²) in [6, 6.07) is 6.74. The molecule has 1 N–H and O–H groups in total. The van der Waals surface area contributed by atoms with Crippen LogP contribution >= 0.6 is 0 Å². The smallest absolute Gasteiger partial charge is 0.406 e. The number of likely N-dealkylation sites (tertiary alicyclic amines) is 1. The second-order valence-electron chi connectivity index (χ2n) is 5.85. The van der Waals surface area contributed by atoms with E-state index in [4.69, 9.17) is 0 Å². The highest BCUT2D eigenvalue weighted by atomic mass is 19.4. The molecule has 0 saturated carbocycles. The summed E-state index contributed by atoms with van der Waals surface area (Å²) in [7, 11) is 0. The van der Waals surface area contributed by atoms with Gasteiger partial charge in [0.25, 0.3) is 0 Å². The zero-order chi connectivity index (χ0) is 14.9. The van der Waals surface area contributed by atoms with Crippen LogP contribution in [0, 0.1) is 5.92 Å². The van der Waals surface area contributed by atoms with Crippen molar-refractivity contribution >= 4 is 0 Å². The number of benzene rings is 1. The van der Waals surface area contributed by atoms with E-state index in [1.807, 2.05) is 0 Å². The van der Waals surface area contributed by atoms with Gasteiger partial charge in [-0.25, -0.2) is 0 Å². The van der Waals surface area contributed by atoms with Crippen molar-refractivity contribution in [1.29, 1.82) is 0 Å². The summed E-state index contributed by atoms with van der Waals surface area (Å²) in [4.78, 5) is 2.37. The highest BCUT2D eigenvalue weighted by molar-refractivity contribution is 5.27. The molecule has 2 heterocycles. The molecule has 2 saturated heterocycles. The van der Waals surface area contributed by atoms with Crippen LogP contribution in [0.3, 0.4) is 0 Å². The molecule has 2 aliphatic heterocycles. The molecule has 3 rings (SSSR count). The molecular weight excluding hydrogens is 281 g/mol. The molecule has 0 aromatic heterocycles. The third-order valence-electron chi connectivity index (χ3n) is 4.24. The molecule has 0 radical (unpaired) electrons. The Labute approximate surface area is 122 Å². The Hall–Kier alpha value is -1.27. The summed E-state index contributed by atoms with van der Waals surface area (Å²) < 4.78 is 40.2. The molecule has 0 bridgehead atoms. The van der Waals surface area contributed by atoms with E-state index in [1.165, 1.54) is 25.0 Å². The van der Waals surface area contributed by atoms with Crippen LogP contribution in [0.4, 0.5) is 13.2 Å². The number of ether oxygens (including phenoxy) is 1. The number of hydrogen-bond acceptors (Lipinski definition) is 3. The van der Waals surface area contributed by atoms with Gasteiger partial charge in [-0.3, -0.25) is 4.90 Å². The summed E-state index contributed by atoms with van der Waals surface area (Å²) in [5.74, 6) is 0.551. The number of halogens is 3. The first-order chi connectivity index (χ1) is 9.99. The molecule has 6 heteroatoms. The monoisotopic (exact) mass is 300 g/mol. The lowest BCUT2D eigenvalue weighted by Crippen LogP contribution is -2.40. The lowest BCUT2D eigenvalue weighted by atomic mass is 9.94. The first-order valence-electron chi connectivity index (χ1n) is 7.30. The molecule has 0 spiro atoms. The molecule has 2 unspecified atom stereocenters. The molecule has 1 aromatic rings. The van der Waals surface area contributed by atoms with E-state index in [0.717, 1.165) is 31.7 Å². The average Bonchev–Trinajstić information content (AvgIpc) is 2.81. The zero-order valence-electron chi connectivity index (χ0n) is 11.7. The second-order valence-corrected chi connectivity index (χ2v) is 5.85. The predicted molar refractivity (Wildman–Crippen MR) is 72.9 cm³/mol. The van der Waals surface area contributed by atoms with Crippen molar-refractivity contribution in [2.75, 3.05) is 19.6 Å². The van der Waals surface area contributed by atoms with Crippen molar-refractivity contribution in [2.24, 2.45) is 5.92 Å². The maximum Gasteiger partial charge on any atom is 0.573 e. The highest BCUT2D eigenvalue weighted by Gasteiger charge is 2.34. The fraction of sp³-hybridized carbons (Fsp3) is 0.600. The summed E-state index contributed by atoms with van der Waals surface area (Å²) in [6.07, 6.45) is -2.12. The van der Waals surface area contributed by atoms with E-state index in [2.05, 4.69) is 15.0 Å². The SMILES string of the molecule is FC(F)(F)Oc1ccc(CN2CC3CCCNC3C2)cc1. The summed E-state index contributed by atoms with van der Waals surface area (Å²) in [6.45, 7) is 3.96. The normalized spacial score (nSPS) is 26.6. The van der Waals surface area contributed by atoms with Gasteiger partial charge in [-0.05, 0) is 43.0 Å². The van der Waals surface area contributed by atoms with Gasteiger partial charge in [-0.15, -0.1) is 13.2 Å². The van der Waals surface area contributed by atoms with E-state index in [-0.39, 0.29) is 5.75 Å². The standard InChI is InChI=1S/C15H19F3N2O/c16-15(17,18)21-13-5-3-11(4-6-13)8-20-9-12-2-1-7-19-14(12)10-20/h3-6,12,14,19H,1-2,7-10H2. The number of hydrogen-bond donors (Lipinski definition) is 1. The Morgan fingerprint density at radius 1 is 1.19 bits per heavy atom. The van der Waals surface area contributed by atoms with Crippen LogP contribution in [-0.2, 0) is 6.54 Å². The maximum atomic E-state index is 12.1. The van der Waals surface area contributed by atoms with Crippen molar-refractivity contribution < 1.29 is 17.9 Å². The molecule has 0 amide bonds. The molecule has 2 aliphatic rings. The number of fused-ring (bicyclic) bond motifs is 1. The van der Waals surface area contributed by atoms with Crippen molar-refractivity contribution in [3.63, 3.8) is 0 Å². The van der Waals surface area contributed by atoms with Gasteiger partial charge in [-0.2, -0.15) is 0 Å². The topological polar surface area (TPSA) is 24.5 Å². The number of piperidine rings is 1. The fourth-order valence-corrected chi connectivity index (χ4v) is 3.32. The van der Waals surface area contributed by atoms with Crippen LogP contribution in [0.15, 0.2) is 24.3 Å². The number of nitrogens with zero attached hydrogens (tertiary/aromatic N) is 1. The Balaban J connectivity index is 1.56. The predicted octanol–water partition coefficient (Wildman–Crippen LogP) is 2.77. The lowest BCUT2D eigenvalue weighted by Gasteiger charge is -2.24. The second kappa shape index (κ2) is 5.85. The van der Waals surface area contributed by atoms with Gasteiger partial charge in [0, 0.05) is 25.7 Å². The molecule has 3 nitrogen and oxygen atoms in total. The molecule has 116 valence electrons. The zero-order valence-corrected chi connectivity index (χ0v) is 11.7. The number of rotatable bonds is 3. The molecule has 2 fully saturated rings. The first-order valence-corrected chi connectivity index (χ1v) is 7.30. The van der Waals surface area contributed by atoms with Crippen molar-refractivity contribution in [1.82, 2.24) is 10.2 Å². The van der Waals surface area contributed by atoms with Gasteiger partial charge in [0.15, 0.2) is 0 Å². The van der Waals surface area contributed by atoms with Crippen LogP contribution < -0.4 is 10.1 Å². The molecular formula is C15H19F3N2O. The lowest BCUT2D eigenvalue weighted by molar-refractivity contribution is -0.274. The van der Waals surface area contributed by atoms with E-state index < -0.39 is 6.36 Å². The first kappa shape index (κ1) is 14.7. The van der Waals surface area contributed by atoms with Crippen LogP contribution in [-0.4, -0.2) is 36.9 Å². The van der Waals surface area contributed by atoms with E-state index in [9.17, 15) is 13.2 Å². The van der Waals surface area contributed by atoms with Crippen LogP contribution in [0.1, 0.15) is 18.4 Å². The third kappa shape index (κ3) is 3.89. The maximum absolute atomic E-state index is 12.1. The van der Waals surface area contributed by atoms with Crippen molar-refractivity contribution in [2.45, 2.75) is 31.8 Å². The Morgan fingerprint density at radius 2 is 1.95 bits per heavy atom. The molecule has 21 heavy (non-hydrogen) atoms. The third-order valence-corrected chi connectivity index (χ3v) is 4.24. The molecule has 1 aromatic carbocycles. The van der Waals surface area contributed by atoms with Gasteiger partial charge in [0.2, 0.25) is 0 Å². The Morgan fingerprint density at radius 3 is 2.62 bits per heavy atom. The van der Waals surface area contributed by atoms with Crippen LogP contribution in [0.25, 0.3) is 0 Å². The Kier molecular flexibility index (Phi) is 4.08. The van der Waals surface area contributed by atoms with Gasteiger partial charge in [0.1, 0.15) is 5.75 Å². The summed E-state index contributed by atoms with van der Waals surface area (Å²) >= 11 is 0. The fourth-order valence-electron chi connectivity index (χ4n) is 3.32. The van der Waals surface area contributed by atoms with Gasteiger partial charge in [0.05, 0.1) is 0 Å². The number of alkyl halides is 3. The quantitative estimate of drug-likeness (QED) is 0.929. The van der Waals surface area contributed by atoms with Crippen LogP contribution in [0.5, 0.6) is 5.75 Å². The van der Waals surface area contributed by atoms with E-state index >= 15 is 0 Å². The minimum atomic E-state index is -4.63. The minimum absolute atomic E-state index is 0.164. The average molecular weight is 300 g/mol. The minimum Gasteiger partial charge on any atom is -0.406 e. The van der Waals surface area contributed by atoms with Gasteiger partial charge in [-0.1, -0.05) is 12.1 Å². The number of nitrogens with one attached hydrogen (secondary N) is 1. The van der Waals surface area contributed by atoms with Gasteiger partial charge >= 0.3 is 6.36 Å². The van der Waals surface area contributed by atoms with Crippen molar-refractivity contribution in [3.8, 4) is 5.75 Å². The Bertz CT molecular complexity index is 461.